The van der Waals surface area contributed by atoms with Gasteiger partial charge in [0.1, 0.15) is 5.84 Å². The maximum atomic E-state index is 11.8. The standard InChI is InChI=1S/C10H13BrN4O2/c1-6(2-9(12)15-17)14-10(16)7-3-8(11)5-13-4-7/h3-6,17H,2H2,1H3,(H2,12,15)(H,14,16). The van der Waals surface area contributed by atoms with Crippen molar-refractivity contribution in [3.8, 4) is 0 Å². The summed E-state index contributed by atoms with van der Waals surface area (Å²) in [6.07, 6.45) is 3.34. The lowest BCUT2D eigenvalue weighted by molar-refractivity contribution is 0.0940. The summed E-state index contributed by atoms with van der Waals surface area (Å²) < 4.78 is 0.731. The fraction of sp³-hybridized carbons (Fsp3) is 0.300. The van der Waals surface area contributed by atoms with Crippen molar-refractivity contribution in [2.75, 3.05) is 0 Å². The Labute approximate surface area is 107 Å². The van der Waals surface area contributed by atoms with Crippen LogP contribution < -0.4 is 11.1 Å². The number of halogens is 1. The van der Waals surface area contributed by atoms with Crippen molar-refractivity contribution in [3.63, 3.8) is 0 Å². The molecule has 7 heteroatoms. The van der Waals surface area contributed by atoms with E-state index in [1.807, 2.05) is 0 Å². The van der Waals surface area contributed by atoms with Crippen LogP contribution in [0.1, 0.15) is 23.7 Å². The van der Waals surface area contributed by atoms with E-state index in [0.29, 0.717) is 5.56 Å². The van der Waals surface area contributed by atoms with Crippen LogP contribution in [0, 0.1) is 0 Å². The highest BCUT2D eigenvalue weighted by molar-refractivity contribution is 9.10. The van der Waals surface area contributed by atoms with Crippen molar-refractivity contribution in [3.05, 3.63) is 28.5 Å². The van der Waals surface area contributed by atoms with E-state index in [1.165, 1.54) is 6.20 Å². The fourth-order valence-corrected chi connectivity index (χ4v) is 1.61. The van der Waals surface area contributed by atoms with Crippen molar-refractivity contribution in [2.24, 2.45) is 10.9 Å². The van der Waals surface area contributed by atoms with Gasteiger partial charge in [-0.2, -0.15) is 0 Å². The van der Waals surface area contributed by atoms with Crippen LogP contribution in [0.5, 0.6) is 0 Å². The Kier molecular flexibility index (Phi) is 4.89. The highest BCUT2D eigenvalue weighted by Crippen LogP contribution is 2.09. The number of hydrogen-bond acceptors (Lipinski definition) is 4. The first-order chi connectivity index (χ1) is 8.02. The third kappa shape index (κ3) is 4.39. The highest BCUT2D eigenvalue weighted by atomic mass is 79.9. The summed E-state index contributed by atoms with van der Waals surface area (Å²) in [7, 11) is 0. The minimum atomic E-state index is -0.253. The van der Waals surface area contributed by atoms with E-state index in [2.05, 4.69) is 31.4 Å². The molecular formula is C10H13BrN4O2. The molecule has 1 aromatic heterocycles. The van der Waals surface area contributed by atoms with Crippen LogP contribution in [0.4, 0.5) is 0 Å². The predicted molar refractivity (Wildman–Crippen MR) is 66.9 cm³/mol. The first kappa shape index (κ1) is 13.4. The van der Waals surface area contributed by atoms with Crippen molar-refractivity contribution in [1.29, 1.82) is 0 Å². The van der Waals surface area contributed by atoms with Crippen LogP contribution in [0.2, 0.25) is 0 Å². The molecule has 1 heterocycles. The van der Waals surface area contributed by atoms with Crippen LogP contribution in [-0.2, 0) is 0 Å². The molecule has 0 aliphatic carbocycles. The van der Waals surface area contributed by atoms with Gasteiger partial charge in [0.15, 0.2) is 0 Å². The molecule has 0 saturated carbocycles. The van der Waals surface area contributed by atoms with Crippen LogP contribution >= 0.6 is 15.9 Å². The summed E-state index contributed by atoms with van der Waals surface area (Å²) in [5.41, 5.74) is 5.79. The number of nitrogens with two attached hydrogens (primary N) is 1. The summed E-state index contributed by atoms with van der Waals surface area (Å²) in [4.78, 5) is 15.7. The van der Waals surface area contributed by atoms with Gasteiger partial charge in [-0.3, -0.25) is 9.78 Å². The maximum Gasteiger partial charge on any atom is 0.253 e. The number of pyridine rings is 1. The second kappa shape index (κ2) is 6.19. The molecule has 1 amide bonds. The van der Waals surface area contributed by atoms with E-state index in [1.54, 1.807) is 19.2 Å². The van der Waals surface area contributed by atoms with Crippen LogP contribution in [-0.4, -0.2) is 28.0 Å². The molecule has 1 aromatic rings. The minimum absolute atomic E-state index is 0.0742. The molecule has 1 rings (SSSR count). The van der Waals surface area contributed by atoms with Gasteiger partial charge in [-0.15, -0.1) is 0 Å². The topological polar surface area (TPSA) is 101 Å². The molecule has 0 radical (unpaired) electrons. The number of amides is 1. The van der Waals surface area contributed by atoms with Gasteiger partial charge in [0.25, 0.3) is 5.91 Å². The molecule has 0 aliphatic heterocycles. The summed E-state index contributed by atoms with van der Waals surface area (Å²) >= 11 is 3.23. The molecule has 0 saturated heterocycles. The smallest absolute Gasteiger partial charge is 0.253 e. The zero-order chi connectivity index (χ0) is 12.8. The molecule has 6 nitrogen and oxygen atoms in total. The number of hydrogen-bond donors (Lipinski definition) is 3. The Bertz CT molecular complexity index is 436. The van der Waals surface area contributed by atoms with Gasteiger partial charge < -0.3 is 16.3 Å². The van der Waals surface area contributed by atoms with E-state index < -0.39 is 0 Å². The first-order valence-electron chi connectivity index (χ1n) is 4.90. The number of amidine groups is 1. The zero-order valence-corrected chi connectivity index (χ0v) is 10.8. The Hall–Kier alpha value is -1.63. The number of nitrogens with zero attached hydrogens (tertiary/aromatic N) is 2. The van der Waals surface area contributed by atoms with Gasteiger partial charge in [-0.1, -0.05) is 5.16 Å². The van der Waals surface area contributed by atoms with Crippen LogP contribution in [0.15, 0.2) is 28.1 Å². The van der Waals surface area contributed by atoms with Crippen molar-refractivity contribution in [1.82, 2.24) is 10.3 Å². The van der Waals surface area contributed by atoms with Gasteiger partial charge >= 0.3 is 0 Å². The van der Waals surface area contributed by atoms with Crippen molar-refractivity contribution >= 4 is 27.7 Å². The number of aromatic nitrogens is 1. The third-order valence-corrected chi connectivity index (χ3v) is 2.42. The summed E-state index contributed by atoms with van der Waals surface area (Å²) in [6.45, 7) is 1.77. The summed E-state index contributed by atoms with van der Waals surface area (Å²) in [6, 6.07) is 1.44. The van der Waals surface area contributed by atoms with Crippen molar-refractivity contribution in [2.45, 2.75) is 19.4 Å². The predicted octanol–water partition coefficient (Wildman–Crippen LogP) is 1.10. The molecule has 17 heavy (non-hydrogen) atoms. The molecule has 1 atom stereocenters. The number of carbonyl (C=O) groups excluding carboxylic acids is 1. The molecule has 4 N–H and O–H groups in total. The lowest BCUT2D eigenvalue weighted by Gasteiger charge is -2.12. The molecule has 92 valence electrons. The molecule has 0 bridgehead atoms. The molecular weight excluding hydrogens is 288 g/mol. The summed E-state index contributed by atoms with van der Waals surface area (Å²) in [5, 5.41) is 14.0. The maximum absolute atomic E-state index is 11.8. The fourth-order valence-electron chi connectivity index (χ4n) is 1.25. The number of oxime groups is 1. The lowest BCUT2D eigenvalue weighted by Crippen LogP contribution is -2.35. The number of rotatable bonds is 4. The SMILES string of the molecule is CC(CC(N)=NO)NC(=O)c1cncc(Br)c1. The molecule has 0 fully saturated rings. The molecule has 1 unspecified atom stereocenters. The average Bonchev–Trinajstić information content (AvgIpc) is 2.28. The van der Waals surface area contributed by atoms with E-state index in [0.717, 1.165) is 4.47 Å². The van der Waals surface area contributed by atoms with Gasteiger partial charge in [-0.25, -0.2) is 0 Å². The third-order valence-electron chi connectivity index (χ3n) is 1.99. The monoisotopic (exact) mass is 300 g/mol. The van der Waals surface area contributed by atoms with Gasteiger partial charge in [0, 0.05) is 29.3 Å². The Morgan fingerprint density at radius 3 is 3.00 bits per heavy atom. The largest absolute Gasteiger partial charge is 0.409 e. The van der Waals surface area contributed by atoms with E-state index in [4.69, 9.17) is 10.9 Å². The Balaban J connectivity index is 2.60. The zero-order valence-electron chi connectivity index (χ0n) is 9.22. The molecule has 0 aromatic carbocycles. The second-order valence-corrected chi connectivity index (χ2v) is 4.48. The number of nitrogens with one attached hydrogen (secondary N) is 1. The molecule has 0 aliphatic rings. The van der Waals surface area contributed by atoms with E-state index in [9.17, 15) is 4.79 Å². The lowest BCUT2D eigenvalue weighted by atomic mass is 10.2. The number of carbonyl (C=O) groups is 1. The van der Waals surface area contributed by atoms with Gasteiger partial charge in [0.2, 0.25) is 0 Å². The van der Waals surface area contributed by atoms with Crippen LogP contribution in [0.3, 0.4) is 0 Å². The molecule has 0 spiro atoms. The summed E-state index contributed by atoms with van der Waals surface area (Å²) in [5.74, 6) is -0.179. The Morgan fingerprint density at radius 2 is 2.41 bits per heavy atom. The van der Waals surface area contributed by atoms with Gasteiger partial charge in [0.05, 0.1) is 5.56 Å². The Morgan fingerprint density at radius 1 is 1.71 bits per heavy atom. The van der Waals surface area contributed by atoms with Gasteiger partial charge in [-0.05, 0) is 28.9 Å². The average molecular weight is 301 g/mol. The van der Waals surface area contributed by atoms with Crippen molar-refractivity contribution < 1.29 is 10.0 Å². The van der Waals surface area contributed by atoms with Crippen LogP contribution in [0.25, 0.3) is 0 Å². The second-order valence-electron chi connectivity index (χ2n) is 3.56. The van der Waals surface area contributed by atoms with E-state index in [-0.39, 0.29) is 24.2 Å². The van der Waals surface area contributed by atoms with E-state index >= 15 is 0 Å². The minimum Gasteiger partial charge on any atom is -0.409 e. The highest BCUT2D eigenvalue weighted by Gasteiger charge is 2.11. The first-order valence-corrected chi connectivity index (χ1v) is 5.70. The quantitative estimate of drug-likeness (QED) is 0.335. The normalized spacial score (nSPS) is 13.2.